The second-order valence-corrected chi connectivity index (χ2v) is 13.4. The van der Waals surface area contributed by atoms with E-state index in [0.29, 0.717) is 0 Å². The molecule has 53 heavy (non-hydrogen) atoms. The minimum absolute atomic E-state index is 0.929. The SMILES string of the molecule is c1ccc(-c2ccc(N(c3ccc(-c4ccc5oc6cccc7ccc4c5c76)cc3)c3ccc(N(c4ccccc4)c4ccccc4)cc3)cc2)cc1. The molecule has 10 rings (SSSR count). The number of hydrogen-bond donors (Lipinski definition) is 0. The molecule has 0 saturated heterocycles. The number of nitrogens with zero attached hydrogens (tertiary/aromatic N) is 2. The van der Waals surface area contributed by atoms with E-state index in [1.54, 1.807) is 0 Å². The Labute approximate surface area is 308 Å². The Kier molecular flexibility index (Phi) is 7.47. The fourth-order valence-corrected chi connectivity index (χ4v) is 7.72. The minimum atomic E-state index is 0.929. The molecule has 0 radical (unpaired) electrons. The molecule has 10 aromatic rings. The van der Waals surface area contributed by atoms with Gasteiger partial charge in [-0.3, -0.25) is 0 Å². The topological polar surface area (TPSA) is 19.6 Å². The van der Waals surface area contributed by atoms with Crippen molar-refractivity contribution in [3.05, 3.63) is 206 Å². The van der Waals surface area contributed by atoms with Crippen molar-refractivity contribution in [3.8, 4) is 22.3 Å². The number of para-hydroxylation sites is 2. The monoisotopic (exact) mass is 678 g/mol. The largest absolute Gasteiger partial charge is 0.456 e. The van der Waals surface area contributed by atoms with Crippen molar-refractivity contribution in [2.24, 2.45) is 0 Å². The molecule has 0 unspecified atom stereocenters. The fraction of sp³-hybridized carbons (Fsp3) is 0. The molecule has 0 atom stereocenters. The summed E-state index contributed by atoms with van der Waals surface area (Å²) >= 11 is 0. The predicted octanol–water partition coefficient (Wildman–Crippen LogP) is 14.5. The van der Waals surface area contributed by atoms with Crippen molar-refractivity contribution in [1.82, 2.24) is 0 Å². The lowest BCUT2D eigenvalue weighted by molar-refractivity contribution is 0.669. The lowest BCUT2D eigenvalue weighted by atomic mass is 9.94. The highest BCUT2D eigenvalue weighted by Crippen LogP contribution is 2.43. The molecule has 0 fully saturated rings. The summed E-state index contributed by atoms with van der Waals surface area (Å²) in [6.07, 6.45) is 0. The zero-order valence-electron chi connectivity index (χ0n) is 28.9. The van der Waals surface area contributed by atoms with E-state index in [9.17, 15) is 0 Å². The Morgan fingerprint density at radius 2 is 0.736 bits per heavy atom. The quantitative estimate of drug-likeness (QED) is 0.149. The van der Waals surface area contributed by atoms with Crippen molar-refractivity contribution < 1.29 is 4.42 Å². The van der Waals surface area contributed by atoms with Crippen LogP contribution in [0.15, 0.2) is 211 Å². The Bertz CT molecular complexity index is 2750. The lowest BCUT2D eigenvalue weighted by Crippen LogP contribution is -2.12. The smallest absolute Gasteiger partial charge is 0.136 e. The van der Waals surface area contributed by atoms with Gasteiger partial charge in [0.1, 0.15) is 11.2 Å². The van der Waals surface area contributed by atoms with Gasteiger partial charge in [0, 0.05) is 44.9 Å². The van der Waals surface area contributed by atoms with E-state index in [1.807, 2.05) is 0 Å². The molecule has 1 aromatic heterocycles. The second kappa shape index (κ2) is 12.9. The number of benzene rings is 9. The van der Waals surface area contributed by atoms with Crippen molar-refractivity contribution in [2.75, 3.05) is 9.80 Å². The van der Waals surface area contributed by atoms with Gasteiger partial charge in [-0.25, -0.2) is 0 Å². The van der Waals surface area contributed by atoms with Crippen LogP contribution in [0.5, 0.6) is 0 Å². The highest BCUT2D eigenvalue weighted by Gasteiger charge is 2.18. The van der Waals surface area contributed by atoms with Gasteiger partial charge in [0.2, 0.25) is 0 Å². The summed E-state index contributed by atoms with van der Waals surface area (Å²) in [4.78, 5) is 4.63. The van der Waals surface area contributed by atoms with Crippen LogP contribution in [0.3, 0.4) is 0 Å². The summed E-state index contributed by atoms with van der Waals surface area (Å²) in [6, 6.07) is 73.3. The van der Waals surface area contributed by atoms with Gasteiger partial charge in [-0.15, -0.1) is 0 Å². The maximum atomic E-state index is 6.25. The van der Waals surface area contributed by atoms with Crippen molar-refractivity contribution in [3.63, 3.8) is 0 Å². The molecule has 1 heterocycles. The van der Waals surface area contributed by atoms with E-state index in [4.69, 9.17) is 4.42 Å². The van der Waals surface area contributed by atoms with Crippen LogP contribution in [0.25, 0.3) is 55.0 Å². The van der Waals surface area contributed by atoms with Crippen molar-refractivity contribution in [1.29, 1.82) is 0 Å². The first-order chi connectivity index (χ1) is 26.3. The molecule has 0 N–H and O–H groups in total. The van der Waals surface area contributed by atoms with E-state index < -0.39 is 0 Å². The lowest BCUT2D eigenvalue weighted by Gasteiger charge is -2.28. The maximum Gasteiger partial charge on any atom is 0.136 e. The average Bonchev–Trinajstić information content (AvgIpc) is 3.62. The van der Waals surface area contributed by atoms with Crippen LogP contribution in [-0.4, -0.2) is 0 Å². The molecule has 0 aliphatic heterocycles. The number of rotatable bonds is 8. The highest BCUT2D eigenvalue weighted by atomic mass is 16.3. The van der Waals surface area contributed by atoms with Gasteiger partial charge in [0.05, 0.1) is 0 Å². The van der Waals surface area contributed by atoms with E-state index in [2.05, 4.69) is 216 Å². The van der Waals surface area contributed by atoms with Crippen LogP contribution in [0, 0.1) is 0 Å². The molecular weight excluding hydrogens is 645 g/mol. The number of hydrogen-bond acceptors (Lipinski definition) is 3. The van der Waals surface area contributed by atoms with Gasteiger partial charge in [-0.05, 0) is 118 Å². The van der Waals surface area contributed by atoms with Gasteiger partial charge in [0.15, 0.2) is 0 Å². The summed E-state index contributed by atoms with van der Waals surface area (Å²) < 4.78 is 6.25. The van der Waals surface area contributed by atoms with Crippen molar-refractivity contribution >= 4 is 66.8 Å². The zero-order valence-corrected chi connectivity index (χ0v) is 28.9. The zero-order chi connectivity index (χ0) is 35.1. The summed E-state index contributed by atoms with van der Waals surface area (Å²) in [7, 11) is 0. The van der Waals surface area contributed by atoms with Gasteiger partial charge in [-0.1, -0.05) is 121 Å². The molecule has 0 aliphatic carbocycles. The van der Waals surface area contributed by atoms with Crippen LogP contribution in [0.1, 0.15) is 0 Å². The standard InChI is InChI=1S/C50H34N2O/c1-4-11-35(12-5-1)36-19-24-41(25-20-36)52(44-30-28-43(29-31-44)51(39-14-6-2-7-15-39)40-16-8-3-9-17-40)42-26-21-37(22-27-42)45-33-34-48-50-46(45)32-23-38-13-10-18-47(53-48)49(38)50/h1-34H. The first kappa shape index (κ1) is 30.7. The van der Waals surface area contributed by atoms with Crippen LogP contribution < -0.4 is 9.80 Å². The third kappa shape index (κ3) is 5.47. The summed E-state index contributed by atoms with van der Waals surface area (Å²) in [5.74, 6) is 0. The fourth-order valence-electron chi connectivity index (χ4n) is 7.72. The summed E-state index contributed by atoms with van der Waals surface area (Å²) in [6.45, 7) is 0. The Hall–Kier alpha value is -7.10. The first-order valence-electron chi connectivity index (χ1n) is 18.0. The predicted molar refractivity (Wildman–Crippen MR) is 223 cm³/mol. The second-order valence-electron chi connectivity index (χ2n) is 13.4. The molecule has 0 bridgehead atoms. The third-order valence-electron chi connectivity index (χ3n) is 10.2. The molecule has 3 heteroatoms. The molecule has 0 amide bonds. The number of anilines is 6. The minimum Gasteiger partial charge on any atom is -0.456 e. The van der Waals surface area contributed by atoms with Gasteiger partial charge >= 0.3 is 0 Å². The Morgan fingerprint density at radius 1 is 0.283 bits per heavy atom. The van der Waals surface area contributed by atoms with Crippen LogP contribution in [-0.2, 0) is 0 Å². The van der Waals surface area contributed by atoms with E-state index in [1.165, 1.54) is 43.8 Å². The van der Waals surface area contributed by atoms with Crippen molar-refractivity contribution in [2.45, 2.75) is 0 Å². The third-order valence-corrected chi connectivity index (χ3v) is 10.2. The summed E-state index contributed by atoms with van der Waals surface area (Å²) in [5, 5.41) is 4.81. The van der Waals surface area contributed by atoms with Gasteiger partial charge in [-0.2, -0.15) is 0 Å². The van der Waals surface area contributed by atoms with Gasteiger partial charge in [0.25, 0.3) is 0 Å². The Morgan fingerprint density at radius 3 is 1.30 bits per heavy atom. The maximum absolute atomic E-state index is 6.25. The van der Waals surface area contributed by atoms with E-state index >= 15 is 0 Å². The molecular formula is C50H34N2O. The van der Waals surface area contributed by atoms with Crippen LogP contribution in [0.2, 0.25) is 0 Å². The molecule has 3 nitrogen and oxygen atoms in total. The normalized spacial score (nSPS) is 11.4. The van der Waals surface area contributed by atoms with E-state index in [-0.39, 0.29) is 0 Å². The van der Waals surface area contributed by atoms with E-state index in [0.717, 1.165) is 45.3 Å². The van der Waals surface area contributed by atoms with Crippen LogP contribution >= 0.6 is 0 Å². The molecule has 0 spiro atoms. The van der Waals surface area contributed by atoms with Crippen LogP contribution in [0.4, 0.5) is 34.1 Å². The molecule has 0 saturated carbocycles. The number of furan rings is 1. The first-order valence-corrected chi connectivity index (χ1v) is 18.0. The molecule has 250 valence electrons. The molecule has 9 aromatic carbocycles. The molecule has 0 aliphatic rings. The highest BCUT2D eigenvalue weighted by molar-refractivity contribution is 6.24. The summed E-state index contributed by atoms with van der Waals surface area (Å²) in [5.41, 5.74) is 13.2. The van der Waals surface area contributed by atoms with Gasteiger partial charge < -0.3 is 14.2 Å². The average molecular weight is 679 g/mol. The Balaban J connectivity index is 1.06.